The van der Waals surface area contributed by atoms with Crippen molar-refractivity contribution >= 4 is 6.29 Å². The van der Waals surface area contributed by atoms with E-state index >= 15 is 0 Å². The van der Waals surface area contributed by atoms with Crippen molar-refractivity contribution in [1.82, 2.24) is 9.78 Å². The van der Waals surface area contributed by atoms with Gasteiger partial charge >= 0.3 is 0 Å². The van der Waals surface area contributed by atoms with E-state index in [2.05, 4.69) is 18.9 Å². The van der Waals surface area contributed by atoms with Gasteiger partial charge in [-0.15, -0.1) is 0 Å². The van der Waals surface area contributed by atoms with E-state index in [0.717, 1.165) is 6.29 Å². The predicted octanol–water partition coefficient (Wildman–Crippen LogP) is 2.93. The first-order valence-corrected chi connectivity index (χ1v) is 5.77. The van der Waals surface area contributed by atoms with Crippen molar-refractivity contribution in [2.24, 2.45) is 0 Å². The van der Waals surface area contributed by atoms with Crippen molar-refractivity contribution in [2.75, 3.05) is 0 Å². The van der Waals surface area contributed by atoms with Gasteiger partial charge in [0.25, 0.3) is 0 Å². The molecule has 3 heteroatoms. The van der Waals surface area contributed by atoms with Crippen molar-refractivity contribution in [1.29, 1.82) is 0 Å². The zero-order chi connectivity index (χ0) is 10.8. The lowest BCUT2D eigenvalue weighted by molar-refractivity contribution is 0.111. The van der Waals surface area contributed by atoms with Gasteiger partial charge in [0.05, 0.1) is 0 Å². The zero-order valence-corrected chi connectivity index (χ0v) is 9.44. The maximum absolute atomic E-state index is 10.7. The molecule has 0 unspecified atom stereocenters. The van der Waals surface area contributed by atoms with Crippen LogP contribution in [0.15, 0.2) is 6.07 Å². The topological polar surface area (TPSA) is 34.9 Å². The number of hydrogen-bond donors (Lipinski definition) is 0. The summed E-state index contributed by atoms with van der Waals surface area (Å²) in [4.78, 5) is 10.7. The van der Waals surface area contributed by atoms with E-state index < -0.39 is 0 Å². The highest BCUT2D eigenvalue weighted by molar-refractivity contribution is 5.71. The van der Waals surface area contributed by atoms with Crippen molar-refractivity contribution in [3.05, 3.63) is 17.5 Å². The van der Waals surface area contributed by atoms with Crippen molar-refractivity contribution < 1.29 is 4.79 Å². The molecule has 1 heterocycles. The van der Waals surface area contributed by atoms with E-state index in [0.29, 0.717) is 17.7 Å². The molecule has 2 rings (SSSR count). The molecule has 0 radical (unpaired) electrons. The Kier molecular flexibility index (Phi) is 2.89. The molecule has 0 atom stereocenters. The van der Waals surface area contributed by atoms with E-state index in [-0.39, 0.29) is 0 Å². The third-order valence-corrected chi connectivity index (χ3v) is 3.17. The number of carbonyl (C=O) groups is 1. The molecule has 0 saturated heterocycles. The third-order valence-electron chi connectivity index (χ3n) is 3.17. The van der Waals surface area contributed by atoms with Crippen LogP contribution in [0.1, 0.15) is 67.7 Å². The van der Waals surface area contributed by atoms with Gasteiger partial charge in [-0.25, -0.2) is 0 Å². The summed E-state index contributed by atoms with van der Waals surface area (Å²) < 4.78 is 2.01. The summed E-state index contributed by atoms with van der Waals surface area (Å²) >= 11 is 0. The predicted molar refractivity (Wildman–Crippen MR) is 59.2 cm³/mol. The number of carbonyl (C=O) groups excluding carboxylic acids is 1. The van der Waals surface area contributed by atoms with Crippen LogP contribution in [-0.4, -0.2) is 16.1 Å². The average molecular weight is 206 g/mol. The first-order valence-electron chi connectivity index (χ1n) is 5.77. The number of rotatable bonds is 3. The molecule has 1 aromatic heterocycles. The van der Waals surface area contributed by atoms with Crippen LogP contribution in [0.25, 0.3) is 0 Å². The minimum absolute atomic E-state index is 0.342. The molecular formula is C12H18N2O. The Morgan fingerprint density at radius 3 is 2.67 bits per heavy atom. The Morgan fingerprint density at radius 2 is 2.13 bits per heavy atom. The van der Waals surface area contributed by atoms with Crippen molar-refractivity contribution in [3.8, 4) is 0 Å². The average Bonchev–Trinajstić information content (AvgIpc) is 2.86. The smallest absolute Gasteiger partial charge is 0.170 e. The Hall–Kier alpha value is -1.12. The molecule has 0 aromatic carbocycles. The largest absolute Gasteiger partial charge is 0.296 e. The Labute approximate surface area is 90.5 Å². The second-order valence-corrected chi connectivity index (χ2v) is 4.63. The second-order valence-electron chi connectivity index (χ2n) is 4.63. The fraction of sp³-hybridized carbons (Fsp3) is 0.667. The van der Waals surface area contributed by atoms with Gasteiger partial charge in [0.15, 0.2) is 6.29 Å². The van der Waals surface area contributed by atoms with E-state index in [1.807, 2.05) is 10.7 Å². The number of hydrogen-bond acceptors (Lipinski definition) is 2. The van der Waals surface area contributed by atoms with Crippen LogP contribution in [0.2, 0.25) is 0 Å². The monoisotopic (exact) mass is 206 g/mol. The van der Waals surface area contributed by atoms with Crippen LogP contribution in [0, 0.1) is 0 Å². The molecule has 1 aliphatic rings. The van der Waals surface area contributed by atoms with Gasteiger partial charge in [-0.05, 0) is 32.8 Å². The minimum Gasteiger partial charge on any atom is -0.296 e. The molecular weight excluding hydrogens is 188 g/mol. The number of aldehydes is 1. The SMILES string of the molecule is CC(C)n1nc(C=O)cc1C1CCCC1. The summed E-state index contributed by atoms with van der Waals surface area (Å²) in [5, 5.41) is 4.32. The highest BCUT2D eigenvalue weighted by Crippen LogP contribution is 2.35. The summed E-state index contributed by atoms with van der Waals surface area (Å²) in [5.41, 5.74) is 1.83. The molecule has 82 valence electrons. The molecule has 0 amide bonds. The zero-order valence-electron chi connectivity index (χ0n) is 9.44. The van der Waals surface area contributed by atoms with E-state index in [9.17, 15) is 4.79 Å². The highest BCUT2D eigenvalue weighted by atomic mass is 16.1. The van der Waals surface area contributed by atoms with E-state index in [1.54, 1.807) is 0 Å². The Bertz CT molecular complexity index is 349. The summed E-state index contributed by atoms with van der Waals surface area (Å²) in [6.45, 7) is 4.22. The van der Waals surface area contributed by atoms with Gasteiger partial charge in [0.1, 0.15) is 5.69 Å². The lowest BCUT2D eigenvalue weighted by Crippen LogP contribution is -2.09. The van der Waals surface area contributed by atoms with Gasteiger partial charge < -0.3 is 0 Å². The summed E-state index contributed by atoms with van der Waals surface area (Å²) in [7, 11) is 0. The van der Waals surface area contributed by atoms with Gasteiger partial charge in [0.2, 0.25) is 0 Å². The molecule has 0 N–H and O–H groups in total. The first kappa shape index (κ1) is 10.4. The third kappa shape index (κ3) is 1.96. The van der Waals surface area contributed by atoms with E-state index in [1.165, 1.54) is 31.4 Å². The molecule has 0 bridgehead atoms. The molecule has 1 aromatic rings. The van der Waals surface area contributed by atoms with Crippen LogP contribution >= 0.6 is 0 Å². The molecule has 1 saturated carbocycles. The molecule has 1 fully saturated rings. The lowest BCUT2D eigenvalue weighted by atomic mass is 10.0. The maximum Gasteiger partial charge on any atom is 0.170 e. The highest BCUT2D eigenvalue weighted by Gasteiger charge is 2.22. The van der Waals surface area contributed by atoms with Crippen LogP contribution in [0.3, 0.4) is 0 Å². The molecule has 0 aliphatic heterocycles. The van der Waals surface area contributed by atoms with Gasteiger partial charge in [-0.1, -0.05) is 12.8 Å². The molecule has 0 spiro atoms. The van der Waals surface area contributed by atoms with Crippen LogP contribution in [0.4, 0.5) is 0 Å². The standard InChI is InChI=1S/C12H18N2O/c1-9(2)14-12(7-11(8-15)13-14)10-5-3-4-6-10/h7-10H,3-6H2,1-2H3. The molecule has 15 heavy (non-hydrogen) atoms. The molecule has 1 aliphatic carbocycles. The first-order chi connectivity index (χ1) is 7.22. The fourth-order valence-electron chi connectivity index (χ4n) is 2.43. The van der Waals surface area contributed by atoms with Crippen LogP contribution in [0.5, 0.6) is 0 Å². The fourth-order valence-corrected chi connectivity index (χ4v) is 2.43. The van der Waals surface area contributed by atoms with Crippen LogP contribution in [-0.2, 0) is 0 Å². The normalized spacial score (nSPS) is 17.5. The van der Waals surface area contributed by atoms with Gasteiger partial charge in [0, 0.05) is 17.7 Å². The Morgan fingerprint density at radius 1 is 1.47 bits per heavy atom. The maximum atomic E-state index is 10.7. The molecule has 3 nitrogen and oxygen atoms in total. The number of aromatic nitrogens is 2. The van der Waals surface area contributed by atoms with Crippen LogP contribution < -0.4 is 0 Å². The summed E-state index contributed by atoms with van der Waals surface area (Å²) in [6, 6.07) is 2.30. The van der Waals surface area contributed by atoms with Crippen molar-refractivity contribution in [3.63, 3.8) is 0 Å². The number of nitrogens with zero attached hydrogens (tertiary/aromatic N) is 2. The van der Waals surface area contributed by atoms with E-state index in [4.69, 9.17) is 0 Å². The van der Waals surface area contributed by atoms with Gasteiger partial charge in [-0.3, -0.25) is 9.48 Å². The van der Waals surface area contributed by atoms with Crippen molar-refractivity contribution in [2.45, 2.75) is 51.5 Å². The Balaban J connectivity index is 2.34. The lowest BCUT2D eigenvalue weighted by Gasteiger charge is -2.15. The van der Waals surface area contributed by atoms with Gasteiger partial charge in [-0.2, -0.15) is 5.10 Å². The quantitative estimate of drug-likeness (QED) is 0.713. The second kappa shape index (κ2) is 4.17. The summed E-state index contributed by atoms with van der Waals surface area (Å²) in [5.74, 6) is 0.619. The summed E-state index contributed by atoms with van der Waals surface area (Å²) in [6.07, 6.45) is 5.96. The minimum atomic E-state index is 0.342.